The first kappa shape index (κ1) is 90.4. The van der Waals surface area contributed by atoms with E-state index >= 15 is 24.0 Å². The van der Waals surface area contributed by atoms with E-state index in [1.54, 1.807) is 0 Å². The van der Waals surface area contributed by atoms with E-state index in [0.29, 0.717) is 18.8 Å². The van der Waals surface area contributed by atoms with Crippen molar-refractivity contribution in [1.29, 1.82) is 0 Å². The molecule has 2 saturated heterocycles. The van der Waals surface area contributed by atoms with Crippen LogP contribution in [0.4, 0.5) is 0 Å². The quantitative estimate of drug-likeness (QED) is 0.0554. The maximum atomic E-state index is 16.7. The number of halogens is 4. The van der Waals surface area contributed by atoms with Crippen LogP contribution in [0.1, 0.15) is 140 Å². The number of rotatable bonds is 17. The lowest BCUT2D eigenvalue weighted by atomic mass is 9.89. The topological polar surface area (TPSA) is 598 Å². The van der Waals surface area contributed by atoms with Gasteiger partial charge in [0.25, 0.3) is 0 Å². The Balaban J connectivity index is 1.07. The molecule has 660 valence electrons. The van der Waals surface area contributed by atoms with Crippen molar-refractivity contribution in [3.8, 4) is 80.1 Å². The number of phenolic OH excluding ortho intramolecular Hbond substituents is 4. The van der Waals surface area contributed by atoms with E-state index in [9.17, 15) is 90.7 Å². The number of carbonyl (C=O) groups excluding carboxylic acids is 7. The summed E-state index contributed by atoms with van der Waals surface area (Å²) in [6.45, 7) is 3.16. The highest BCUT2D eigenvalue weighted by atomic mass is 35.5. The number of hydrogen-bond donors (Lipinski definition) is 22. The molecule has 2 fully saturated rings. The number of aliphatic hydroxyl groups is 8. The van der Waals surface area contributed by atoms with Gasteiger partial charge in [-0.15, -0.1) is 0 Å². The molecule has 8 aliphatic heterocycles. The van der Waals surface area contributed by atoms with Crippen molar-refractivity contribution in [2.24, 2.45) is 5.92 Å². The highest BCUT2D eigenvalue weighted by Crippen LogP contribution is 2.52. The summed E-state index contributed by atoms with van der Waals surface area (Å²) in [6.07, 6.45) is -20.1. The molecule has 22 N–H and O–H groups in total. The maximum absolute atomic E-state index is 16.7. The minimum absolute atomic E-state index is 0.0705. The highest BCUT2D eigenvalue weighted by Gasteiger charge is 2.52. The molecule has 0 radical (unpaired) electrons. The molecule has 8 heterocycles. The molecule has 38 nitrogen and oxygen atoms in total. The first-order valence-corrected chi connectivity index (χ1v) is 40.2. The molecular formula is C82H84Cl4N8O30. The number of nitrogens with one attached hydrogen (secondary N) is 8. The van der Waals surface area contributed by atoms with Gasteiger partial charge in [0.05, 0.1) is 26.7 Å². The first-order chi connectivity index (χ1) is 58.9. The van der Waals surface area contributed by atoms with Gasteiger partial charge in [0.2, 0.25) is 59.7 Å². The Hall–Kier alpha value is -11.3. The molecule has 7 aromatic carbocycles. The molecule has 19 atom stereocenters. The molecule has 15 rings (SSSR count). The average molecular weight is 1800 g/mol. The molecule has 124 heavy (non-hydrogen) atoms. The minimum Gasteiger partial charge on any atom is -0.508 e. The lowest BCUT2D eigenvalue weighted by Crippen LogP contribution is -2.66. The third-order valence-electron chi connectivity index (χ3n) is 21.6. The summed E-state index contributed by atoms with van der Waals surface area (Å²) < 4.78 is 43.8. The number of ether oxygens (including phenoxy) is 7. The van der Waals surface area contributed by atoms with E-state index in [0.717, 1.165) is 117 Å². The predicted octanol–water partition coefficient (Wildman–Crippen LogP) is 4.59. The third-order valence-corrected chi connectivity index (χ3v) is 22.9. The number of phenols is 4. The number of hydrogen-bond acceptors (Lipinski definition) is 29. The summed E-state index contributed by atoms with van der Waals surface area (Å²) in [7, 11) is 1.34. The summed E-state index contributed by atoms with van der Waals surface area (Å²) >= 11 is 28.5. The fraction of sp³-hybridized carbons (Fsp3) is 0.378. The molecule has 17 bridgehead atoms. The monoisotopic (exact) mass is 1800 g/mol. The molecule has 0 unspecified atom stereocenters. The van der Waals surface area contributed by atoms with Gasteiger partial charge in [0.15, 0.2) is 40.9 Å². The first-order valence-electron chi connectivity index (χ1n) is 38.7. The van der Waals surface area contributed by atoms with Crippen molar-refractivity contribution in [1.82, 2.24) is 42.5 Å². The van der Waals surface area contributed by atoms with Crippen molar-refractivity contribution in [2.75, 3.05) is 13.7 Å². The second-order valence-electron chi connectivity index (χ2n) is 30.6. The van der Waals surface area contributed by atoms with Crippen molar-refractivity contribution >= 4 is 99.7 Å². The Bertz CT molecular complexity index is 5340. The maximum Gasteiger partial charge on any atom is 0.335 e. The van der Waals surface area contributed by atoms with Crippen LogP contribution < -0.4 is 66.2 Å². The Morgan fingerprint density at radius 2 is 1.10 bits per heavy atom. The number of likely N-dealkylation sites (N-methyl/N-ethyl adjacent to an activating group) is 1. The highest BCUT2D eigenvalue weighted by molar-refractivity contribution is 6.37. The normalized spacial score (nSPS) is 26.9. The van der Waals surface area contributed by atoms with Gasteiger partial charge in [-0.1, -0.05) is 111 Å². The lowest BCUT2D eigenvalue weighted by molar-refractivity contribution is -0.277. The number of carbonyl (C=O) groups is 9. The van der Waals surface area contributed by atoms with E-state index in [1.165, 1.54) is 19.2 Å². The van der Waals surface area contributed by atoms with Gasteiger partial charge >= 0.3 is 11.9 Å². The van der Waals surface area contributed by atoms with Crippen LogP contribution >= 0.6 is 46.4 Å². The second kappa shape index (κ2) is 37.6. The molecule has 42 heteroatoms. The number of aliphatic hydroxyl groups excluding tert-OH is 8. The van der Waals surface area contributed by atoms with Gasteiger partial charge in [0.1, 0.15) is 126 Å². The molecule has 7 aromatic rings. The Morgan fingerprint density at radius 3 is 1.77 bits per heavy atom. The molecule has 0 saturated carbocycles. The summed E-state index contributed by atoms with van der Waals surface area (Å²) in [5.41, 5.74) is -4.55. The van der Waals surface area contributed by atoms with Crippen LogP contribution in [0.3, 0.4) is 0 Å². The number of aromatic hydroxyl groups is 4. The summed E-state index contributed by atoms with van der Waals surface area (Å²) in [6, 6.07) is -1.40. The van der Waals surface area contributed by atoms with Crippen molar-refractivity contribution in [3.05, 3.63) is 162 Å². The van der Waals surface area contributed by atoms with E-state index < -0.39 is 304 Å². The number of fused-ring (bicyclic) bond motifs is 14. The van der Waals surface area contributed by atoms with Gasteiger partial charge in [-0.05, 0) is 120 Å². The van der Waals surface area contributed by atoms with Crippen molar-refractivity contribution in [2.45, 2.75) is 175 Å². The Morgan fingerprint density at radius 1 is 0.500 bits per heavy atom. The molecule has 0 spiro atoms. The summed E-state index contributed by atoms with van der Waals surface area (Å²) in [5, 5.41) is 178. The van der Waals surface area contributed by atoms with E-state index in [2.05, 4.69) is 56.4 Å². The van der Waals surface area contributed by atoms with Gasteiger partial charge in [-0.3, -0.25) is 33.6 Å². The number of unbranched alkanes of at least 4 members (excludes halogenated alkanes) is 4. The molecule has 8 aliphatic rings. The number of aliphatic carboxylic acids is 2. The number of amides is 7. The van der Waals surface area contributed by atoms with Gasteiger partial charge in [-0.2, -0.15) is 0 Å². The standard InChI is InChI=1S/C82H84Cl4N8O30/c1-29(2)9-7-5-4-6-8-10-52(100)88-62-66(104)68(106)72(80(116)117)124-81(62)123-71-49-22-33-23-50(71)120-70-41(84)19-34(20-42(70)85)64(102)61-78(113)92-59(79(114)115)38-24-35(96)25-48(121-82-69(107)67(105)65(103)51(28-95)122-82)53(38)37-17-30(11-14-43(37)97)56(74(109)94-61)89-75(110)57(33)90-76(111)58-39-26-36(27-45(99)54(39)86)118-47-21-31(12-15-44(47)98)55(87-3)73(108)93-60(77(112)91-58)63(101)32-13-16-46(119-49)40(83)18-32/h11-27,29,51,55-69,72,81-82,87,95-99,101-107H,4-10,28H2,1-3H3,(H,88,100)(H,89,110)(H,90,111)(H,91,112)(H,92,113)(H,93,108)(H,94,109)(H,114,115)(H,116,117)/t51-,55+,56-,57-,58+,59+,60-,61+,62-,63-,64-,65-,66-,67+,68+,69+,72+,81-,82+/m1/s1. The van der Waals surface area contributed by atoms with Crippen LogP contribution in [-0.4, -0.2) is 212 Å². The fourth-order valence-electron chi connectivity index (χ4n) is 15.2. The molecular weight excluding hydrogens is 1720 g/mol. The number of carboxylic acid groups (broad SMARTS) is 2. The zero-order valence-electron chi connectivity index (χ0n) is 65.3. The van der Waals surface area contributed by atoms with Crippen molar-refractivity contribution in [3.63, 3.8) is 0 Å². The molecule has 7 amide bonds. The average Bonchev–Trinajstić information content (AvgIpc) is 0.766. The SMILES string of the molecule is CN[C@@H]1C(=O)N[C@H]2C(=O)N[C@H](C(=O)N[C@H]3C(=O)N[C@H]4C(=O)N[C@H](C(=O)N[C@H](C(=O)O)c5cc(O)cc(O[C@H]6O[C@H](CO)[C@@H](O)[C@H](O)[C@@H]6O)c5-c5cc4ccc5O)[C@H](O)c4cc(Cl)c(c(Cl)c4)Oc4cc3cc(c4O[C@@H]3O[C@H](C(=O)O)[C@@H](O)[C@H](O)[C@H]3NC(=O)CCCCCCCC(C)C)Oc3ccc(cc3Cl)[C@H]2O)c2cc(cc(O)c2Cl)Oc2cc1ccc2O. The zero-order chi connectivity index (χ0) is 89.5. The smallest absolute Gasteiger partial charge is 0.335 e. The fourth-order valence-corrected chi connectivity index (χ4v) is 16.2. The third kappa shape index (κ3) is 18.9. The lowest BCUT2D eigenvalue weighted by Gasteiger charge is -2.41. The zero-order valence-corrected chi connectivity index (χ0v) is 68.3. The van der Waals surface area contributed by atoms with Crippen molar-refractivity contribution < 1.29 is 148 Å². The van der Waals surface area contributed by atoms with Gasteiger partial charge in [0, 0.05) is 40.8 Å². The summed E-state index contributed by atoms with van der Waals surface area (Å²) in [5.74, 6) is -21.6. The Labute approximate surface area is 722 Å². The van der Waals surface area contributed by atoms with Crippen LogP contribution in [0.2, 0.25) is 20.1 Å². The Kier molecular flexibility index (Phi) is 27.4. The van der Waals surface area contributed by atoms with E-state index in [-0.39, 0.29) is 17.5 Å². The van der Waals surface area contributed by atoms with Crippen LogP contribution in [0.25, 0.3) is 11.1 Å². The van der Waals surface area contributed by atoms with E-state index in [4.69, 9.17) is 79.6 Å². The number of benzene rings is 7. The van der Waals surface area contributed by atoms with Crippen LogP contribution in [-0.2, 0) is 52.6 Å². The number of carboxylic acids is 2. The minimum atomic E-state index is -2.59. The van der Waals surface area contributed by atoms with Crippen LogP contribution in [0.5, 0.6) is 69.0 Å². The van der Waals surface area contributed by atoms with Crippen LogP contribution in [0, 0.1) is 5.92 Å². The molecule has 0 aromatic heterocycles. The largest absolute Gasteiger partial charge is 0.508 e. The van der Waals surface area contributed by atoms with Crippen LogP contribution in [0.15, 0.2) is 103 Å². The molecule has 0 aliphatic carbocycles. The van der Waals surface area contributed by atoms with Gasteiger partial charge in [-0.25, -0.2) is 9.59 Å². The second-order valence-corrected chi connectivity index (χ2v) is 32.2. The van der Waals surface area contributed by atoms with Gasteiger partial charge < -0.3 is 147 Å². The van der Waals surface area contributed by atoms with E-state index in [1.807, 2.05) is 0 Å². The summed E-state index contributed by atoms with van der Waals surface area (Å²) in [4.78, 5) is 136. The predicted molar refractivity (Wildman–Crippen MR) is 430 cm³/mol.